The summed E-state index contributed by atoms with van der Waals surface area (Å²) in [6.45, 7) is 3.12. The molecular weight excluding hydrogens is 332 g/mol. The summed E-state index contributed by atoms with van der Waals surface area (Å²) in [6, 6.07) is 11.5. The Morgan fingerprint density at radius 1 is 1.28 bits per heavy atom. The number of carbonyl (C=O) groups is 1. The number of amides is 1. The first-order valence-corrected chi connectivity index (χ1v) is 9.38. The van der Waals surface area contributed by atoms with Crippen molar-refractivity contribution in [3.63, 3.8) is 0 Å². The third-order valence-electron chi connectivity index (χ3n) is 4.99. The van der Waals surface area contributed by atoms with Gasteiger partial charge in [-0.05, 0) is 42.5 Å². The Morgan fingerprint density at radius 2 is 2.12 bits per heavy atom. The molecule has 0 unspecified atom stereocenters. The van der Waals surface area contributed by atoms with Crippen LogP contribution >= 0.6 is 11.3 Å². The highest BCUT2D eigenvalue weighted by Crippen LogP contribution is 2.34. The number of nitrogens with zero attached hydrogens (tertiary/aromatic N) is 2. The van der Waals surface area contributed by atoms with Gasteiger partial charge in [-0.2, -0.15) is 0 Å². The number of fused-ring (bicyclic) bond motifs is 1. The number of hydrogen-bond acceptors (Lipinski definition) is 4. The number of aliphatic hydroxyl groups excluding tert-OH is 1. The number of carbonyl (C=O) groups excluding carboxylic acids is 1. The molecule has 4 rings (SSSR count). The minimum Gasteiger partial charge on any atom is -0.391 e. The maximum atomic E-state index is 13.0. The van der Waals surface area contributed by atoms with Crippen LogP contribution in [-0.2, 0) is 0 Å². The molecule has 0 saturated carbocycles. The van der Waals surface area contributed by atoms with E-state index < -0.39 is 6.10 Å². The fourth-order valence-electron chi connectivity index (χ4n) is 3.64. The van der Waals surface area contributed by atoms with Gasteiger partial charge in [-0.15, -0.1) is 11.3 Å². The second-order valence-corrected chi connectivity index (χ2v) is 7.50. The lowest BCUT2D eigenvalue weighted by Crippen LogP contribution is -2.45. The summed E-state index contributed by atoms with van der Waals surface area (Å²) in [6.07, 6.45) is 1.94. The molecule has 1 amide bonds. The summed E-state index contributed by atoms with van der Waals surface area (Å²) in [5, 5.41) is 13.6. The van der Waals surface area contributed by atoms with E-state index in [2.05, 4.69) is 23.4 Å². The van der Waals surface area contributed by atoms with Crippen LogP contribution in [0.5, 0.6) is 0 Å². The quantitative estimate of drug-likeness (QED) is 0.767. The van der Waals surface area contributed by atoms with Gasteiger partial charge in [0.1, 0.15) is 0 Å². The van der Waals surface area contributed by atoms with Crippen LogP contribution < -0.4 is 0 Å². The molecular formula is C20H20N2O2S. The highest BCUT2D eigenvalue weighted by atomic mass is 32.1. The molecule has 1 fully saturated rings. The molecule has 3 heterocycles. The summed E-state index contributed by atoms with van der Waals surface area (Å²) >= 11 is 1.70. The maximum absolute atomic E-state index is 13.0. The molecule has 1 aliphatic rings. The van der Waals surface area contributed by atoms with Gasteiger partial charge in [0, 0.05) is 35.5 Å². The Balaban J connectivity index is 1.57. The predicted octanol–water partition coefficient (Wildman–Crippen LogP) is 3.60. The highest BCUT2D eigenvalue weighted by molar-refractivity contribution is 7.10. The fraction of sp³-hybridized carbons (Fsp3) is 0.300. The zero-order valence-corrected chi connectivity index (χ0v) is 14.9. The molecule has 2 aromatic heterocycles. The minimum atomic E-state index is -0.525. The topological polar surface area (TPSA) is 53.4 Å². The lowest BCUT2D eigenvalue weighted by molar-refractivity contribution is 0.0388. The standard InChI is InChI=1S/C20H20N2O2S/c1-13-8-11-25-19(13)16-7-10-22(12-18(16)23)20(24)15-6-9-21-17-5-3-2-4-14(15)17/h2-6,8-9,11,16,18,23H,7,10,12H2,1H3/t16-,18-/m1/s1. The molecule has 5 heteroatoms. The van der Waals surface area contributed by atoms with Gasteiger partial charge in [-0.3, -0.25) is 9.78 Å². The maximum Gasteiger partial charge on any atom is 0.254 e. The van der Waals surface area contributed by atoms with Crippen molar-refractivity contribution in [3.05, 3.63) is 64.0 Å². The number of aliphatic hydroxyl groups is 1. The lowest BCUT2D eigenvalue weighted by atomic mass is 9.90. The van der Waals surface area contributed by atoms with Crippen LogP contribution in [0.15, 0.2) is 48.0 Å². The number of para-hydroxylation sites is 1. The second kappa shape index (κ2) is 6.58. The molecule has 4 nitrogen and oxygen atoms in total. The van der Waals surface area contributed by atoms with Crippen LogP contribution in [-0.4, -0.2) is 40.1 Å². The van der Waals surface area contributed by atoms with Gasteiger partial charge in [-0.1, -0.05) is 18.2 Å². The lowest BCUT2D eigenvalue weighted by Gasteiger charge is -2.36. The first-order valence-electron chi connectivity index (χ1n) is 8.50. The van der Waals surface area contributed by atoms with Crippen molar-refractivity contribution in [1.29, 1.82) is 0 Å². The number of piperidine rings is 1. The van der Waals surface area contributed by atoms with E-state index in [0.29, 0.717) is 18.7 Å². The largest absolute Gasteiger partial charge is 0.391 e. The average molecular weight is 352 g/mol. The van der Waals surface area contributed by atoms with Crippen LogP contribution in [0.1, 0.15) is 33.1 Å². The van der Waals surface area contributed by atoms with Crippen molar-refractivity contribution >= 4 is 28.1 Å². The minimum absolute atomic E-state index is 0.0287. The fourth-order valence-corrected chi connectivity index (χ4v) is 4.76. The Labute approximate surface area is 150 Å². The van der Waals surface area contributed by atoms with E-state index in [4.69, 9.17) is 0 Å². The zero-order chi connectivity index (χ0) is 17.4. The first kappa shape index (κ1) is 16.2. The summed E-state index contributed by atoms with van der Waals surface area (Å²) in [4.78, 5) is 20.3. The molecule has 0 bridgehead atoms. The number of rotatable bonds is 2. The van der Waals surface area contributed by atoms with E-state index in [1.807, 2.05) is 24.3 Å². The highest BCUT2D eigenvalue weighted by Gasteiger charge is 2.33. The van der Waals surface area contributed by atoms with Crippen molar-refractivity contribution in [2.24, 2.45) is 0 Å². The van der Waals surface area contributed by atoms with Crippen LogP contribution in [0.2, 0.25) is 0 Å². The SMILES string of the molecule is Cc1ccsc1[C@@H]1CCN(C(=O)c2ccnc3ccccc23)C[C@H]1O. The molecule has 0 aliphatic carbocycles. The van der Waals surface area contributed by atoms with Gasteiger partial charge in [0.25, 0.3) is 5.91 Å². The van der Waals surface area contributed by atoms with E-state index in [-0.39, 0.29) is 11.8 Å². The molecule has 1 aliphatic heterocycles. The van der Waals surface area contributed by atoms with Crippen LogP contribution in [0.4, 0.5) is 0 Å². The van der Waals surface area contributed by atoms with Gasteiger partial charge >= 0.3 is 0 Å². The zero-order valence-electron chi connectivity index (χ0n) is 14.1. The predicted molar refractivity (Wildman–Crippen MR) is 100 cm³/mol. The smallest absolute Gasteiger partial charge is 0.254 e. The Morgan fingerprint density at radius 3 is 2.88 bits per heavy atom. The number of thiophene rings is 1. The van der Waals surface area contributed by atoms with Gasteiger partial charge in [0.2, 0.25) is 0 Å². The Bertz CT molecular complexity index is 915. The van der Waals surface area contributed by atoms with Crippen molar-refractivity contribution in [2.45, 2.75) is 25.4 Å². The molecule has 3 aromatic rings. The second-order valence-electron chi connectivity index (χ2n) is 6.56. The summed E-state index contributed by atoms with van der Waals surface area (Å²) in [7, 11) is 0. The van der Waals surface area contributed by atoms with E-state index in [0.717, 1.165) is 17.3 Å². The normalized spacial score (nSPS) is 20.8. The summed E-state index contributed by atoms with van der Waals surface area (Å²) in [5.74, 6) is 0.0947. The molecule has 25 heavy (non-hydrogen) atoms. The monoisotopic (exact) mass is 352 g/mol. The van der Waals surface area contributed by atoms with E-state index >= 15 is 0 Å². The average Bonchev–Trinajstić information content (AvgIpc) is 3.06. The number of likely N-dealkylation sites (tertiary alicyclic amines) is 1. The molecule has 0 radical (unpaired) electrons. The summed E-state index contributed by atoms with van der Waals surface area (Å²) in [5.41, 5.74) is 2.70. The molecule has 1 saturated heterocycles. The van der Waals surface area contributed by atoms with Gasteiger partial charge in [0.15, 0.2) is 0 Å². The summed E-state index contributed by atoms with van der Waals surface area (Å²) < 4.78 is 0. The molecule has 0 spiro atoms. The molecule has 128 valence electrons. The van der Waals surface area contributed by atoms with Crippen LogP contribution in [0.25, 0.3) is 10.9 Å². The van der Waals surface area contributed by atoms with E-state index in [9.17, 15) is 9.90 Å². The van der Waals surface area contributed by atoms with Gasteiger partial charge in [0.05, 0.1) is 17.2 Å². The molecule has 1 aromatic carbocycles. The van der Waals surface area contributed by atoms with Crippen molar-refractivity contribution < 1.29 is 9.90 Å². The Kier molecular flexibility index (Phi) is 4.27. The number of aromatic nitrogens is 1. The van der Waals surface area contributed by atoms with Crippen molar-refractivity contribution in [2.75, 3.05) is 13.1 Å². The van der Waals surface area contributed by atoms with E-state index in [1.165, 1.54) is 10.4 Å². The molecule has 1 N–H and O–H groups in total. The number of hydrogen-bond donors (Lipinski definition) is 1. The number of pyridine rings is 1. The number of benzene rings is 1. The van der Waals surface area contributed by atoms with Crippen LogP contribution in [0.3, 0.4) is 0 Å². The van der Waals surface area contributed by atoms with Crippen LogP contribution in [0, 0.1) is 6.92 Å². The number of aryl methyl sites for hydroxylation is 1. The van der Waals surface area contributed by atoms with Gasteiger partial charge in [-0.25, -0.2) is 0 Å². The third kappa shape index (κ3) is 2.94. The number of β-amino-alcohol motifs (C(OH)–C–C–N with tert-alkyl or cyclic N) is 1. The van der Waals surface area contributed by atoms with Gasteiger partial charge < -0.3 is 10.0 Å². The first-order chi connectivity index (χ1) is 12.1. The Hall–Kier alpha value is -2.24. The van der Waals surface area contributed by atoms with E-state index in [1.54, 1.807) is 28.5 Å². The third-order valence-corrected chi connectivity index (χ3v) is 6.14. The van der Waals surface area contributed by atoms with Crippen molar-refractivity contribution in [3.8, 4) is 0 Å². The molecule has 2 atom stereocenters. The van der Waals surface area contributed by atoms with Crippen molar-refractivity contribution in [1.82, 2.24) is 9.88 Å².